The van der Waals surface area contributed by atoms with Crippen molar-refractivity contribution in [3.05, 3.63) is 61.5 Å². The third-order valence-electron chi connectivity index (χ3n) is 2.84. The molecule has 0 aliphatic rings. The topological polar surface area (TPSA) is 12.0 Å². The third-order valence-corrected chi connectivity index (χ3v) is 5.59. The lowest BCUT2D eigenvalue weighted by Crippen LogP contribution is -1.97. The summed E-state index contributed by atoms with van der Waals surface area (Å²) in [4.78, 5) is 2.63. The minimum Gasteiger partial charge on any atom is -0.379 e. The van der Waals surface area contributed by atoms with Gasteiger partial charge in [-0.2, -0.15) is 0 Å². The van der Waals surface area contributed by atoms with Gasteiger partial charge in [0.1, 0.15) is 0 Å². The Balaban J connectivity index is 1.70. The van der Waals surface area contributed by atoms with Crippen molar-refractivity contribution in [3.8, 4) is 10.4 Å². The molecule has 0 aliphatic carbocycles. The molecule has 0 spiro atoms. The van der Waals surface area contributed by atoms with E-state index in [0.717, 1.165) is 21.7 Å². The number of hydrogen-bond donors (Lipinski definition) is 1. The number of hydrogen-bond acceptors (Lipinski definition) is 3. The second kappa shape index (κ2) is 6.31. The lowest BCUT2D eigenvalue weighted by molar-refractivity contribution is 1.19. The van der Waals surface area contributed by atoms with Crippen LogP contribution >= 0.6 is 50.2 Å². The van der Waals surface area contributed by atoms with Gasteiger partial charge in [0.25, 0.3) is 0 Å². The van der Waals surface area contributed by atoms with Gasteiger partial charge in [0.15, 0.2) is 0 Å². The molecule has 3 rings (SSSR count). The van der Waals surface area contributed by atoms with Gasteiger partial charge in [-0.25, -0.2) is 0 Å². The molecule has 1 N–H and O–H groups in total. The third kappa shape index (κ3) is 3.26. The molecule has 1 aromatic carbocycles. The van der Waals surface area contributed by atoms with Crippen molar-refractivity contribution in [2.75, 3.05) is 5.32 Å². The molecule has 3 aromatic rings. The highest BCUT2D eigenvalue weighted by Gasteiger charge is 2.05. The number of rotatable bonds is 4. The molecule has 5 heteroatoms. The summed E-state index contributed by atoms with van der Waals surface area (Å²) in [6.45, 7) is 0.816. The average molecular weight is 385 g/mol. The first-order valence-corrected chi connectivity index (χ1v) is 8.95. The molecule has 0 unspecified atom stereocenters. The van der Waals surface area contributed by atoms with Gasteiger partial charge in [-0.05, 0) is 57.0 Å². The summed E-state index contributed by atoms with van der Waals surface area (Å²) in [5.41, 5.74) is 2.36. The number of nitrogens with one attached hydrogen (secondary N) is 1. The van der Waals surface area contributed by atoms with Crippen molar-refractivity contribution < 1.29 is 0 Å². The first-order valence-electron chi connectivity index (χ1n) is 6.02. The molecule has 0 amide bonds. The average Bonchev–Trinajstić information content (AvgIpc) is 3.08. The first-order chi connectivity index (χ1) is 9.72. The molecule has 1 nitrogen and oxygen atoms in total. The molecular weight excluding hydrogens is 374 g/mol. The van der Waals surface area contributed by atoms with Gasteiger partial charge in [0.2, 0.25) is 0 Å². The lowest BCUT2D eigenvalue weighted by Gasteiger charge is -2.07. The van der Waals surface area contributed by atoms with Crippen molar-refractivity contribution in [1.29, 1.82) is 0 Å². The Morgan fingerprint density at radius 1 is 1.15 bits per heavy atom. The zero-order chi connectivity index (χ0) is 13.9. The van der Waals surface area contributed by atoms with Gasteiger partial charge in [-0.15, -0.1) is 22.7 Å². The van der Waals surface area contributed by atoms with Crippen molar-refractivity contribution in [2.24, 2.45) is 0 Å². The highest BCUT2D eigenvalue weighted by atomic mass is 79.9. The summed E-state index contributed by atoms with van der Waals surface area (Å²) < 4.78 is 0.986. The fraction of sp³-hybridized carbons (Fsp3) is 0.0667. The summed E-state index contributed by atoms with van der Waals surface area (Å²) in [7, 11) is 0. The van der Waals surface area contributed by atoms with Gasteiger partial charge in [0, 0.05) is 37.0 Å². The van der Waals surface area contributed by atoms with E-state index in [-0.39, 0.29) is 0 Å². The highest BCUT2D eigenvalue weighted by Crippen LogP contribution is 2.30. The van der Waals surface area contributed by atoms with E-state index in [0.29, 0.717) is 0 Å². The molecule has 0 bridgehead atoms. The predicted molar refractivity (Wildman–Crippen MR) is 94.1 cm³/mol. The smallest absolute Gasteiger partial charge is 0.0494 e. The van der Waals surface area contributed by atoms with E-state index in [1.165, 1.54) is 15.3 Å². The first kappa shape index (κ1) is 14.1. The SMILES string of the molecule is Clc1ccc(NCc2cc(-c3cccs3)cs2)c(Br)c1. The molecule has 2 aromatic heterocycles. The summed E-state index contributed by atoms with van der Waals surface area (Å²) in [5.74, 6) is 0. The zero-order valence-electron chi connectivity index (χ0n) is 10.4. The fourth-order valence-electron chi connectivity index (χ4n) is 1.86. The highest BCUT2D eigenvalue weighted by molar-refractivity contribution is 9.10. The molecule has 0 saturated carbocycles. The predicted octanol–water partition coefficient (Wildman–Crippen LogP) is 6.50. The van der Waals surface area contributed by atoms with E-state index in [1.54, 1.807) is 22.7 Å². The van der Waals surface area contributed by atoms with E-state index in [2.05, 4.69) is 50.2 Å². The minimum absolute atomic E-state index is 0.735. The van der Waals surface area contributed by atoms with Crippen molar-refractivity contribution in [2.45, 2.75) is 6.54 Å². The summed E-state index contributed by atoms with van der Waals surface area (Å²) in [5, 5.41) is 8.47. The second-order valence-electron chi connectivity index (χ2n) is 4.26. The van der Waals surface area contributed by atoms with Crippen LogP contribution in [-0.2, 0) is 6.54 Å². The Hall–Kier alpha value is -0.810. The summed E-state index contributed by atoms with van der Waals surface area (Å²) in [6.07, 6.45) is 0. The Morgan fingerprint density at radius 2 is 2.05 bits per heavy atom. The number of halogens is 2. The van der Waals surface area contributed by atoms with Gasteiger partial charge < -0.3 is 5.32 Å². The Bertz CT molecular complexity index is 706. The minimum atomic E-state index is 0.735. The van der Waals surface area contributed by atoms with E-state index in [4.69, 9.17) is 11.6 Å². The Morgan fingerprint density at radius 3 is 2.80 bits per heavy atom. The van der Waals surface area contributed by atoms with Gasteiger partial charge >= 0.3 is 0 Å². The molecule has 102 valence electrons. The summed E-state index contributed by atoms with van der Waals surface area (Å²) in [6, 6.07) is 12.3. The van der Waals surface area contributed by atoms with Gasteiger partial charge in [0.05, 0.1) is 0 Å². The quantitative estimate of drug-likeness (QED) is 0.541. The molecule has 2 heterocycles. The van der Waals surface area contributed by atoms with E-state index in [9.17, 15) is 0 Å². The van der Waals surface area contributed by atoms with E-state index < -0.39 is 0 Å². The van der Waals surface area contributed by atoms with Crippen molar-refractivity contribution in [3.63, 3.8) is 0 Å². The van der Waals surface area contributed by atoms with Crippen LogP contribution in [0.4, 0.5) is 5.69 Å². The maximum Gasteiger partial charge on any atom is 0.0494 e. The maximum atomic E-state index is 5.94. The number of benzene rings is 1. The second-order valence-corrected chi connectivity index (χ2v) is 7.49. The molecular formula is C15H11BrClNS2. The van der Waals surface area contributed by atoms with Crippen LogP contribution in [0.3, 0.4) is 0 Å². The summed E-state index contributed by atoms with van der Waals surface area (Å²) >= 11 is 13.0. The van der Waals surface area contributed by atoms with Gasteiger partial charge in [-0.1, -0.05) is 17.7 Å². The molecule has 0 aliphatic heterocycles. The van der Waals surface area contributed by atoms with Crippen molar-refractivity contribution >= 4 is 55.9 Å². The largest absolute Gasteiger partial charge is 0.379 e. The van der Waals surface area contributed by atoms with Crippen LogP contribution in [0.1, 0.15) is 4.88 Å². The molecule has 0 radical (unpaired) electrons. The van der Waals surface area contributed by atoms with Crippen LogP contribution < -0.4 is 5.32 Å². The zero-order valence-corrected chi connectivity index (χ0v) is 14.4. The fourth-order valence-corrected chi connectivity index (χ4v) is 4.30. The number of anilines is 1. The van der Waals surface area contributed by atoms with E-state index >= 15 is 0 Å². The molecule has 0 fully saturated rings. The van der Waals surface area contributed by atoms with Crippen LogP contribution in [0.5, 0.6) is 0 Å². The normalized spacial score (nSPS) is 10.7. The van der Waals surface area contributed by atoms with E-state index in [1.807, 2.05) is 18.2 Å². The van der Waals surface area contributed by atoms with Gasteiger partial charge in [-0.3, -0.25) is 0 Å². The Kier molecular flexibility index (Phi) is 4.46. The standard InChI is InChI=1S/C15H11BrClNS2/c16-13-7-11(17)3-4-14(13)18-8-12-6-10(9-20-12)15-2-1-5-19-15/h1-7,9,18H,8H2. The lowest BCUT2D eigenvalue weighted by atomic mass is 10.2. The Labute approximate surface area is 139 Å². The van der Waals surface area contributed by atoms with Crippen molar-refractivity contribution in [1.82, 2.24) is 0 Å². The van der Waals surface area contributed by atoms with Crippen LogP contribution in [-0.4, -0.2) is 0 Å². The maximum absolute atomic E-state index is 5.94. The molecule has 20 heavy (non-hydrogen) atoms. The number of thiophene rings is 2. The van der Waals surface area contributed by atoms with Crippen LogP contribution in [0, 0.1) is 0 Å². The van der Waals surface area contributed by atoms with Crippen LogP contribution in [0.2, 0.25) is 5.02 Å². The van der Waals surface area contributed by atoms with Crippen LogP contribution in [0.15, 0.2) is 51.6 Å². The molecule has 0 saturated heterocycles. The molecule has 0 atom stereocenters. The monoisotopic (exact) mass is 383 g/mol. The van der Waals surface area contributed by atoms with Crippen LogP contribution in [0.25, 0.3) is 10.4 Å².